The van der Waals surface area contributed by atoms with Crippen molar-refractivity contribution < 1.29 is 28.7 Å². The van der Waals surface area contributed by atoms with Crippen molar-refractivity contribution >= 4 is 29.4 Å². The molecular weight excluding hydrogens is 450 g/mol. The standard InChI is InChI=1S/C26H31N3O6/c1-24(2,3)28-21(31)19-26-13-12-25(4,35-26)17(20(30)27-15-8-9-15)18(26)22(32)29(19)16-10-6-14(7-11-16)23(33)34-5/h6-7,10-13,15,17-19H,8-9H2,1-5H3,(H,27,30)(H,28,31)/t17-,18-,19+,25+,26-/m0/s1. The number of hydrogen-bond donors (Lipinski definition) is 2. The highest BCUT2D eigenvalue weighted by Gasteiger charge is 2.76. The Morgan fingerprint density at radius 1 is 1.09 bits per heavy atom. The molecule has 2 saturated heterocycles. The Hall–Kier alpha value is -3.20. The lowest BCUT2D eigenvalue weighted by molar-refractivity contribution is -0.134. The van der Waals surface area contributed by atoms with Crippen LogP contribution in [0.25, 0.3) is 0 Å². The molecule has 0 radical (unpaired) electrons. The smallest absolute Gasteiger partial charge is 0.337 e. The first-order chi connectivity index (χ1) is 16.4. The van der Waals surface area contributed by atoms with E-state index < -0.39 is 40.6 Å². The Bertz CT molecular complexity index is 1130. The number of benzene rings is 1. The first-order valence-corrected chi connectivity index (χ1v) is 11.9. The Kier molecular flexibility index (Phi) is 5.14. The van der Waals surface area contributed by atoms with Crippen LogP contribution >= 0.6 is 0 Å². The minimum Gasteiger partial charge on any atom is -0.465 e. The summed E-state index contributed by atoms with van der Waals surface area (Å²) in [4.78, 5) is 54.4. The molecule has 3 aliphatic heterocycles. The van der Waals surface area contributed by atoms with Crippen LogP contribution in [-0.4, -0.2) is 59.6 Å². The second-order valence-corrected chi connectivity index (χ2v) is 11.1. The van der Waals surface area contributed by atoms with E-state index in [0.717, 1.165) is 12.8 Å². The predicted octanol–water partition coefficient (Wildman–Crippen LogP) is 1.71. The lowest BCUT2D eigenvalue weighted by Crippen LogP contribution is -2.58. The number of carbonyl (C=O) groups excluding carboxylic acids is 4. The molecule has 0 unspecified atom stereocenters. The van der Waals surface area contributed by atoms with Crippen LogP contribution in [0, 0.1) is 11.8 Å². The van der Waals surface area contributed by atoms with Crippen molar-refractivity contribution in [2.75, 3.05) is 12.0 Å². The number of carbonyl (C=O) groups is 4. The number of anilines is 1. The van der Waals surface area contributed by atoms with Gasteiger partial charge in [0.15, 0.2) is 0 Å². The van der Waals surface area contributed by atoms with Crippen molar-refractivity contribution in [1.82, 2.24) is 10.6 Å². The third-order valence-corrected chi connectivity index (χ3v) is 7.22. The molecule has 9 nitrogen and oxygen atoms in total. The molecule has 4 aliphatic rings. The van der Waals surface area contributed by atoms with Crippen molar-refractivity contribution in [2.45, 2.75) is 69.4 Å². The van der Waals surface area contributed by atoms with E-state index >= 15 is 0 Å². The van der Waals surface area contributed by atoms with Crippen LogP contribution in [-0.2, 0) is 23.9 Å². The summed E-state index contributed by atoms with van der Waals surface area (Å²) < 4.78 is 11.3. The second kappa shape index (κ2) is 7.65. The maximum atomic E-state index is 14.0. The molecule has 9 heteroatoms. The zero-order chi connectivity index (χ0) is 25.3. The van der Waals surface area contributed by atoms with Gasteiger partial charge in [-0.1, -0.05) is 12.2 Å². The summed E-state index contributed by atoms with van der Waals surface area (Å²) in [7, 11) is 1.29. The Morgan fingerprint density at radius 2 is 1.74 bits per heavy atom. The second-order valence-electron chi connectivity index (χ2n) is 11.1. The summed E-state index contributed by atoms with van der Waals surface area (Å²) in [5.41, 5.74) is -2.06. The number of amides is 3. The molecule has 1 spiro atoms. The van der Waals surface area contributed by atoms with E-state index in [1.54, 1.807) is 37.3 Å². The first-order valence-electron chi connectivity index (χ1n) is 11.9. The van der Waals surface area contributed by atoms with Gasteiger partial charge in [0, 0.05) is 17.3 Å². The third kappa shape index (κ3) is 3.64. The van der Waals surface area contributed by atoms with Gasteiger partial charge in [-0.3, -0.25) is 19.3 Å². The monoisotopic (exact) mass is 481 g/mol. The highest BCUT2D eigenvalue weighted by molar-refractivity contribution is 6.10. The first kappa shape index (κ1) is 23.5. The molecule has 186 valence electrons. The van der Waals surface area contributed by atoms with Crippen LogP contribution < -0.4 is 15.5 Å². The van der Waals surface area contributed by atoms with Gasteiger partial charge in [-0.15, -0.1) is 0 Å². The third-order valence-electron chi connectivity index (χ3n) is 7.22. The van der Waals surface area contributed by atoms with E-state index in [2.05, 4.69) is 10.6 Å². The lowest BCUT2D eigenvalue weighted by atomic mass is 9.70. The Morgan fingerprint density at radius 3 is 2.31 bits per heavy atom. The predicted molar refractivity (Wildman–Crippen MR) is 126 cm³/mol. The molecule has 5 atom stereocenters. The van der Waals surface area contributed by atoms with Crippen molar-refractivity contribution in [3.63, 3.8) is 0 Å². The maximum Gasteiger partial charge on any atom is 0.337 e. The number of hydrogen-bond acceptors (Lipinski definition) is 6. The molecule has 3 fully saturated rings. The van der Waals surface area contributed by atoms with Crippen LogP contribution in [0.2, 0.25) is 0 Å². The summed E-state index contributed by atoms with van der Waals surface area (Å²) in [6.45, 7) is 7.39. The van der Waals surface area contributed by atoms with Crippen LogP contribution in [0.5, 0.6) is 0 Å². The van der Waals surface area contributed by atoms with Crippen LogP contribution in [0.1, 0.15) is 50.9 Å². The molecule has 2 N–H and O–H groups in total. The average molecular weight is 482 g/mol. The minimum atomic E-state index is -1.28. The van der Waals surface area contributed by atoms with Crippen LogP contribution in [0.4, 0.5) is 5.69 Å². The number of ether oxygens (including phenoxy) is 2. The van der Waals surface area contributed by atoms with Gasteiger partial charge in [-0.2, -0.15) is 0 Å². The van der Waals surface area contributed by atoms with E-state index in [0.29, 0.717) is 11.3 Å². The Labute approximate surface area is 204 Å². The zero-order valence-electron chi connectivity index (χ0n) is 20.6. The minimum absolute atomic E-state index is 0.128. The van der Waals surface area contributed by atoms with Gasteiger partial charge in [-0.05, 0) is 64.8 Å². The zero-order valence-corrected chi connectivity index (χ0v) is 20.6. The van der Waals surface area contributed by atoms with Crippen LogP contribution in [0.3, 0.4) is 0 Å². The molecule has 2 bridgehead atoms. The highest BCUT2D eigenvalue weighted by Crippen LogP contribution is 2.60. The number of fused-ring (bicyclic) bond motifs is 1. The summed E-state index contributed by atoms with van der Waals surface area (Å²) in [6, 6.07) is 5.41. The number of nitrogens with one attached hydrogen (secondary N) is 2. The van der Waals surface area contributed by atoms with Gasteiger partial charge in [0.25, 0.3) is 0 Å². The van der Waals surface area contributed by atoms with Crippen molar-refractivity contribution in [3.8, 4) is 0 Å². The summed E-state index contributed by atoms with van der Waals surface area (Å²) in [6.07, 6.45) is 5.44. The van der Waals surface area contributed by atoms with Gasteiger partial charge in [0.1, 0.15) is 11.6 Å². The molecule has 3 amide bonds. The van der Waals surface area contributed by atoms with Gasteiger partial charge >= 0.3 is 5.97 Å². The fraction of sp³-hybridized carbons (Fsp3) is 0.538. The summed E-state index contributed by atoms with van der Waals surface area (Å²) in [5, 5.41) is 6.01. The molecule has 0 aromatic heterocycles. The normalized spacial score (nSPS) is 33.0. The lowest BCUT2D eigenvalue weighted by Gasteiger charge is -2.35. The Balaban J connectivity index is 1.58. The van der Waals surface area contributed by atoms with Gasteiger partial charge in [0.05, 0.1) is 30.1 Å². The summed E-state index contributed by atoms with van der Waals surface area (Å²) >= 11 is 0. The van der Waals surface area contributed by atoms with Gasteiger partial charge in [0.2, 0.25) is 17.7 Å². The summed E-state index contributed by atoms with van der Waals surface area (Å²) in [5.74, 6) is -3.07. The van der Waals surface area contributed by atoms with E-state index in [1.807, 2.05) is 26.8 Å². The fourth-order valence-corrected chi connectivity index (χ4v) is 5.64. The van der Waals surface area contributed by atoms with Crippen molar-refractivity contribution in [1.29, 1.82) is 0 Å². The quantitative estimate of drug-likeness (QED) is 0.489. The molecule has 1 aliphatic carbocycles. The van der Waals surface area contributed by atoms with E-state index in [1.165, 1.54) is 12.0 Å². The molecular formula is C26H31N3O6. The van der Waals surface area contributed by atoms with Crippen LogP contribution in [0.15, 0.2) is 36.4 Å². The van der Waals surface area contributed by atoms with Crippen molar-refractivity contribution in [3.05, 3.63) is 42.0 Å². The molecule has 3 heterocycles. The number of methoxy groups -OCH3 is 1. The number of nitrogens with zero attached hydrogens (tertiary/aromatic N) is 1. The highest BCUT2D eigenvalue weighted by atomic mass is 16.5. The molecule has 1 aromatic carbocycles. The van der Waals surface area contributed by atoms with E-state index in [4.69, 9.17) is 9.47 Å². The SMILES string of the molecule is COC(=O)c1ccc(N2C(=O)[C@@H]3[C@@H](C(=O)NC4CC4)[C@@]4(C)C=C[C@@]3(O4)[C@H]2C(=O)NC(C)(C)C)cc1. The average Bonchev–Trinajstić information content (AvgIpc) is 3.40. The van der Waals surface area contributed by atoms with E-state index in [9.17, 15) is 19.2 Å². The topological polar surface area (TPSA) is 114 Å². The molecule has 5 rings (SSSR count). The number of rotatable bonds is 5. The van der Waals surface area contributed by atoms with Gasteiger partial charge < -0.3 is 20.1 Å². The molecule has 1 saturated carbocycles. The number of esters is 1. The fourth-order valence-electron chi connectivity index (χ4n) is 5.64. The largest absolute Gasteiger partial charge is 0.465 e. The van der Waals surface area contributed by atoms with Gasteiger partial charge in [-0.25, -0.2) is 4.79 Å². The maximum absolute atomic E-state index is 14.0. The molecule has 35 heavy (non-hydrogen) atoms. The van der Waals surface area contributed by atoms with Crippen molar-refractivity contribution in [2.24, 2.45) is 11.8 Å². The molecule has 1 aromatic rings. The van der Waals surface area contributed by atoms with E-state index in [-0.39, 0.29) is 23.8 Å².